The number of rotatable bonds is 1. The normalized spacial score (nSPS) is 14.1. The zero-order valence-electron chi connectivity index (χ0n) is 7.10. The van der Waals surface area contributed by atoms with Crippen LogP contribution in [0.2, 0.25) is 0 Å². The molecule has 0 aromatic heterocycles. The van der Waals surface area contributed by atoms with E-state index in [4.69, 9.17) is 9.84 Å². The molecule has 13 heavy (non-hydrogen) atoms. The standard InChI is InChI=1S/C11H10O2/c12-8-10-6-3-5-9-4-1-2-7-11(9)13-10/h1-7,12H,8H2. The molecule has 0 radical (unpaired) electrons. The third-order valence-electron chi connectivity index (χ3n) is 1.87. The van der Waals surface area contributed by atoms with Crippen LogP contribution in [0.5, 0.6) is 5.75 Å². The Morgan fingerprint density at radius 2 is 2.08 bits per heavy atom. The van der Waals surface area contributed by atoms with Crippen molar-refractivity contribution in [2.75, 3.05) is 6.61 Å². The molecule has 0 aliphatic carbocycles. The Morgan fingerprint density at radius 1 is 1.23 bits per heavy atom. The second-order valence-corrected chi connectivity index (χ2v) is 2.79. The SMILES string of the molecule is OCC1=CC=Cc2ccccc2O1. The summed E-state index contributed by atoms with van der Waals surface area (Å²) in [6, 6.07) is 7.72. The van der Waals surface area contributed by atoms with E-state index in [1.807, 2.05) is 36.4 Å². The first-order valence-corrected chi connectivity index (χ1v) is 4.15. The van der Waals surface area contributed by atoms with Gasteiger partial charge in [-0.3, -0.25) is 0 Å². The average Bonchev–Trinajstić information content (AvgIpc) is 2.38. The van der Waals surface area contributed by atoms with Gasteiger partial charge in [-0.15, -0.1) is 0 Å². The van der Waals surface area contributed by atoms with Gasteiger partial charge >= 0.3 is 0 Å². The maximum atomic E-state index is 8.91. The third-order valence-corrected chi connectivity index (χ3v) is 1.87. The summed E-state index contributed by atoms with van der Waals surface area (Å²) in [5.41, 5.74) is 1.03. The average molecular weight is 174 g/mol. The summed E-state index contributed by atoms with van der Waals surface area (Å²) in [6.07, 6.45) is 5.59. The minimum absolute atomic E-state index is 0.0708. The van der Waals surface area contributed by atoms with E-state index in [-0.39, 0.29) is 6.61 Å². The first kappa shape index (κ1) is 8.08. The zero-order valence-corrected chi connectivity index (χ0v) is 7.10. The predicted octanol–water partition coefficient (Wildman–Crippen LogP) is 1.97. The molecule has 0 spiro atoms. The van der Waals surface area contributed by atoms with Crippen molar-refractivity contribution in [1.29, 1.82) is 0 Å². The second-order valence-electron chi connectivity index (χ2n) is 2.79. The fourth-order valence-corrected chi connectivity index (χ4v) is 1.23. The van der Waals surface area contributed by atoms with Crippen LogP contribution in [0.15, 0.2) is 42.2 Å². The zero-order chi connectivity index (χ0) is 9.10. The van der Waals surface area contributed by atoms with Gasteiger partial charge in [-0.25, -0.2) is 0 Å². The molecule has 0 atom stereocenters. The van der Waals surface area contributed by atoms with Crippen LogP contribution in [-0.4, -0.2) is 11.7 Å². The highest BCUT2D eigenvalue weighted by atomic mass is 16.5. The number of aliphatic hydroxyl groups is 1. The highest BCUT2D eigenvalue weighted by Crippen LogP contribution is 2.23. The van der Waals surface area contributed by atoms with Crippen molar-refractivity contribution in [3.05, 3.63) is 47.7 Å². The van der Waals surface area contributed by atoms with Gasteiger partial charge in [-0.2, -0.15) is 0 Å². The van der Waals surface area contributed by atoms with Crippen LogP contribution in [0.3, 0.4) is 0 Å². The van der Waals surface area contributed by atoms with E-state index < -0.39 is 0 Å². The topological polar surface area (TPSA) is 29.5 Å². The molecular weight excluding hydrogens is 164 g/mol. The Hall–Kier alpha value is -1.54. The molecule has 0 amide bonds. The summed E-state index contributed by atoms with van der Waals surface area (Å²) in [4.78, 5) is 0. The van der Waals surface area contributed by atoms with Crippen LogP contribution in [-0.2, 0) is 0 Å². The molecule has 1 aromatic rings. The van der Waals surface area contributed by atoms with E-state index in [0.29, 0.717) is 5.76 Å². The minimum atomic E-state index is -0.0708. The highest BCUT2D eigenvalue weighted by Gasteiger charge is 2.05. The molecule has 0 fully saturated rings. The van der Waals surface area contributed by atoms with Crippen molar-refractivity contribution < 1.29 is 9.84 Å². The number of hydrogen-bond acceptors (Lipinski definition) is 2. The predicted molar refractivity (Wildman–Crippen MR) is 51.3 cm³/mol. The molecule has 0 unspecified atom stereocenters. The fraction of sp³-hybridized carbons (Fsp3) is 0.0909. The van der Waals surface area contributed by atoms with Crippen LogP contribution in [0.4, 0.5) is 0 Å². The quantitative estimate of drug-likeness (QED) is 0.705. The van der Waals surface area contributed by atoms with Crippen molar-refractivity contribution in [2.24, 2.45) is 0 Å². The van der Waals surface area contributed by atoms with E-state index in [1.54, 1.807) is 6.08 Å². The number of benzene rings is 1. The Balaban J connectivity index is 2.40. The van der Waals surface area contributed by atoms with Gasteiger partial charge in [0.05, 0.1) is 0 Å². The molecule has 1 aromatic carbocycles. The molecule has 0 saturated heterocycles. The molecule has 0 saturated carbocycles. The maximum Gasteiger partial charge on any atom is 0.134 e. The number of fused-ring (bicyclic) bond motifs is 1. The summed E-state index contributed by atoms with van der Waals surface area (Å²) in [7, 11) is 0. The molecule has 1 N–H and O–H groups in total. The van der Waals surface area contributed by atoms with Gasteiger partial charge in [0.2, 0.25) is 0 Å². The van der Waals surface area contributed by atoms with Crippen LogP contribution in [0, 0.1) is 0 Å². The van der Waals surface area contributed by atoms with Gasteiger partial charge in [0.15, 0.2) is 0 Å². The summed E-state index contributed by atoms with van der Waals surface area (Å²) >= 11 is 0. The lowest BCUT2D eigenvalue weighted by Gasteiger charge is -2.07. The number of allylic oxidation sites excluding steroid dienone is 2. The Morgan fingerprint density at radius 3 is 2.92 bits per heavy atom. The molecule has 0 bridgehead atoms. The molecule has 66 valence electrons. The molecule has 2 heteroatoms. The van der Waals surface area contributed by atoms with Gasteiger partial charge in [0.25, 0.3) is 0 Å². The van der Waals surface area contributed by atoms with Crippen LogP contribution in [0.25, 0.3) is 6.08 Å². The number of aliphatic hydroxyl groups excluding tert-OH is 1. The maximum absolute atomic E-state index is 8.91. The molecule has 1 aliphatic heterocycles. The van der Waals surface area contributed by atoms with E-state index in [1.165, 1.54) is 0 Å². The van der Waals surface area contributed by atoms with E-state index in [0.717, 1.165) is 11.3 Å². The van der Waals surface area contributed by atoms with Crippen molar-refractivity contribution in [3.63, 3.8) is 0 Å². The van der Waals surface area contributed by atoms with Crippen molar-refractivity contribution in [3.8, 4) is 5.75 Å². The third kappa shape index (κ3) is 1.63. The Labute approximate surface area is 76.8 Å². The van der Waals surface area contributed by atoms with Gasteiger partial charge in [-0.1, -0.05) is 30.4 Å². The lowest BCUT2D eigenvalue weighted by Crippen LogP contribution is -1.99. The molecular formula is C11H10O2. The van der Waals surface area contributed by atoms with Gasteiger partial charge in [-0.05, 0) is 12.1 Å². The monoisotopic (exact) mass is 174 g/mol. The van der Waals surface area contributed by atoms with Crippen LogP contribution < -0.4 is 4.74 Å². The van der Waals surface area contributed by atoms with Crippen molar-refractivity contribution in [1.82, 2.24) is 0 Å². The molecule has 2 rings (SSSR count). The second kappa shape index (κ2) is 3.46. The molecule has 1 heterocycles. The van der Waals surface area contributed by atoms with Gasteiger partial charge in [0.1, 0.15) is 18.1 Å². The summed E-state index contributed by atoms with van der Waals surface area (Å²) in [5, 5.41) is 8.91. The Bertz CT molecular complexity index is 364. The lowest BCUT2D eigenvalue weighted by molar-refractivity contribution is 0.263. The van der Waals surface area contributed by atoms with Gasteiger partial charge in [0, 0.05) is 5.56 Å². The van der Waals surface area contributed by atoms with E-state index >= 15 is 0 Å². The van der Waals surface area contributed by atoms with E-state index in [2.05, 4.69) is 0 Å². The lowest BCUT2D eigenvalue weighted by atomic mass is 10.2. The smallest absolute Gasteiger partial charge is 0.134 e. The largest absolute Gasteiger partial charge is 0.459 e. The summed E-state index contributed by atoms with van der Waals surface area (Å²) in [6.45, 7) is -0.0708. The van der Waals surface area contributed by atoms with Crippen molar-refractivity contribution >= 4 is 6.08 Å². The minimum Gasteiger partial charge on any atom is -0.459 e. The molecule has 2 nitrogen and oxygen atoms in total. The fourth-order valence-electron chi connectivity index (χ4n) is 1.23. The first-order valence-electron chi connectivity index (χ1n) is 4.15. The van der Waals surface area contributed by atoms with Crippen LogP contribution in [0.1, 0.15) is 5.56 Å². The summed E-state index contributed by atoms with van der Waals surface area (Å²) < 4.78 is 5.45. The first-order chi connectivity index (χ1) is 6.40. The molecule has 1 aliphatic rings. The van der Waals surface area contributed by atoms with Crippen molar-refractivity contribution in [2.45, 2.75) is 0 Å². The number of ether oxygens (including phenoxy) is 1. The van der Waals surface area contributed by atoms with Gasteiger partial charge < -0.3 is 9.84 Å². The Kier molecular flexibility index (Phi) is 2.15. The highest BCUT2D eigenvalue weighted by molar-refractivity contribution is 5.60. The number of hydrogen-bond donors (Lipinski definition) is 1. The van der Waals surface area contributed by atoms with Crippen LogP contribution >= 0.6 is 0 Å². The number of para-hydroxylation sites is 1. The summed E-state index contributed by atoms with van der Waals surface area (Å²) in [5.74, 6) is 1.36. The van der Waals surface area contributed by atoms with E-state index in [9.17, 15) is 0 Å².